The molecule has 1 saturated carbocycles. The Morgan fingerprint density at radius 2 is 1.61 bits per heavy atom. The van der Waals surface area contributed by atoms with E-state index in [1.54, 1.807) is 0 Å². The zero-order valence-electron chi connectivity index (χ0n) is 17.2. The number of carbonyl (C=O) groups is 3. The average molecular weight is 422 g/mol. The molecule has 162 valence electrons. The Kier molecular flexibility index (Phi) is 6.21. The summed E-state index contributed by atoms with van der Waals surface area (Å²) in [7, 11) is 0. The molecule has 31 heavy (non-hydrogen) atoms. The van der Waals surface area contributed by atoms with E-state index in [1.165, 1.54) is 11.1 Å². The Balaban J connectivity index is 1.34. The zero-order chi connectivity index (χ0) is 21.8. The van der Waals surface area contributed by atoms with Gasteiger partial charge in [0.25, 0.3) is 0 Å². The number of amides is 2. The number of carboxylic acids is 1. The second kappa shape index (κ2) is 9.20. The molecule has 2 atom stereocenters. The van der Waals surface area contributed by atoms with Gasteiger partial charge in [-0.25, -0.2) is 4.79 Å². The van der Waals surface area contributed by atoms with Crippen LogP contribution >= 0.6 is 0 Å². The molecule has 7 heteroatoms. The van der Waals surface area contributed by atoms with Crippen molar-refractivity contribution in [2.75, 3.05) is 13.2 Å². The molecular weight excluding hydrogens is 396 g/mol. The first kappa shape index (κ1) is 20.9. The number of aliphatic carboxylic acids is 1. The van der Waals surface area contributed by atoms with E-state index in [0.29, 0.717) is 12.8 Å². The van der Waals surface area contributed by atoms with Crippen molar-refractivity contribution in [2.24, 2.45) is 5.92 Å². The van der Waals surface area contributed by atoms with Crippen molar-refractivity contribution < 1.29 is 24.2 Å². The van der Waals surface area contributed by atoms with Gasteiger partial charge in [-0.15, -0.1) is 0 Å². The first-order valence-corrected chi connectivity index (χ1v) is 10.7. The fraction of sp³-hybridized carbons (Fsp3) is 0.375. The highest BCUT2D eigenvalue weighted by atomic mass is 16.5. The minimum atomic E-state index is -0.958. The number of hydrogen-bond donors (Lipinski definition) is 3. The van der Waals surface area contributed by atoms with Crippen molar-refractivity contribution in [1.29, 1.82) is 0 Å². The predicted molar refractivity (Wildman–Crippen MR) is 115 cm³/mol. The molecule has 0 spiro atoms. The summed E-state index contributed by atoms with van der Waals surface area (Å²) >= 11 is 0. The lowest BCUT2D eigenvalue weighted by Gasteiger charge is -2.21. The molecule has 3 N–H and O–H groups in total. The highest BCUT2D eigenvalue weighted by molar-refractivity contribution is 5.81. The van der Waals surface area contributed by atoms with Gasteiger partial charge in [0, 0.05) is 18.5 Å². The highest BCUT2D eigenvalue weighted by Gasteiger charge is 2.35. The molecule has 0 heterocycles. The van der Waals surface area contributed by atoms with Gasteiger partial charge in [0.2, 0.25) is 5.91 Å². The largest absolute Gasteiger partial charge is 0.481 e. The molecule has 4 rings (SSSR count). The molecule has 2 aromatic rings. The third-order valence-electron chi connectivity index (χ3n) is 6.14. The number of benzene rings is 2. The van der Waals surface area contributed by atoms with E-state index >= 15 is 0 Å². The van der Waals surface area contributed by atoms with E-state index in [4.69, 9.17) is 9.84 Å². The van der Waals surface area contributed by atoms with Gasteiger partial charge >= 0.3 is 12.1 Å². The fourth-order valence-corrected chi connectivity index (χ4v) is 4.66. The van der Waals surface area contributed by atoms with Crippen LogP contribution in [0.4, 0.5) is 4.79 Å². The molecule has 2 amide bonds. The molecular formula is C24H26N2O5. The van der Waals surface area contributed by atoms with E-state index < -0.39 is 12.1 Å². The number of carbonyl (C=O) groups excluding carboxylic acids is 2. The number of carboxylic acid groups (broad SMARTS) is 1. The van der Waals surface area contributed by atoms with Gasteiger partial charge in [-0.3, -0.25) is 9.59 Å². The minimum absolute atomic E-state index is 0.0168. The Bertz CT molecular complexity index is 944. The van der Waals surface area contributed by atoms with Crippen LogP contribution in [-0.2, 0) is 14.3 Å². The van der Waals surface area contributed by atoms with Crippen molar-refractivity contribution >= 4 is 18.0 Å². The van der Waals surface area contributed by atoms with Gasteiger partial charge in [-0.1, -0.05) is 55.0 Å². The summed E-state index contributed by atoms with van der Waals surface area (Å²) in [5, 5.41) is 14.2. The third kappa shape index (κ3) is 4.55. The van der Waals surface area contributed by atoms with Crippen molar-refractivity contribution in [3.05, 3.63) is 59.7 Å². The Morgan fingerprint density at radius 3 is 2.26 bits per heavy atom. The molecule has 1 fully saturated rings. The molecule has 2 aliphatic rings. The molecule has 2 aliphatic carbocycles. The second-order valence-electron chi connectivity index (χ2n) is 8.05. The number of rotatable bonds is 7. The second-order valence-corrected chi connectivity index (χ2v) is 8.05. The Morgan fingerprint density at radius 1 is 0.968 bits per heavy atom. The first-order chi connectivity index (χ1) is 15.0. The summed E-state index contributed by atoms with van der Waals surface area (Å²) in [6.45, 7) is 0.310. The summed E-state index contributed by atoms with van der Waals surface area (Å²) in [4.78, 5) is 35.5. The van der Waals surface area contributed by atoms with Gasteiger partial charge in [0.1, 0.15) is 6.61 Å². The van der Waals surface area contributed by atoms with Crippen LogP contribution in [0.25, 0.3) is 11.1 Å². The maximum Gasteiger partial charge on any atom is 0.407 e. The van der Waals surface area contributed by atoms with Gasteiger partial charge in [0.05, 0.1) is 12.3 Å². The predicted octanol–water partition coefficient (Wildman–Crippen LogP) is 3.28. The van der Waals surface area contributed by atoms with E-state index in [-0.39, 0.29) is 43.4 Å². The first-order valence-electron chi connectivity index (χ1n) is 10.7. The Labute approximate surface area is 180 Å². The van der Waals surface area contributed by atoms with Crippen LogP contribution in [0.2, 0.25) is 0 Å². The monoisotopic (exact) mass is 422 g/mol. The van der Waals surface area contributed by atoms with Crippen LogP contribution in [0, 0.1) is 5.92 Å². The summed E-state index contributed by atoms with van der Waals surface area (Å²) in [5.74, 6) is -1.56. The van der Waals surface area contributed by atoms with Crippen molar-refractivity contribution in [3.8, 4) is 11.1 Å². The Hall–Kier alpha value is -3.35. The quantitative estimate of drug-likeness (QED) is 0.635. The molecule has 2 aromatic carbocycles. The molecule has 0 aliphatic heterocycles. The zero-order valence-corrected chi connectivity index (χ0v) is 17.2. The smallest absolute Gasteiger partial charge is 0.407 e. The van der Waals surface area contributed by atoms with Crippen LogP contribution in [0.5, 0.6) is 0 Å². The maximum atomic E-state index is 12.5. The maximum absolute atomic E-state index is 12.5. The summed E-state index contributed by atoms with van der Waals surface area (Å²) in [6, 6.07) is 16.0. The van der Waals surface area contributed by atoms with Crippen molar-refractivity contribution in [1.82, 2.24) is 10.6 Å². The molecule has 0 radical (unpaired) electrons. The summed E-state index contributed by atoms with van der Waals surface area (Å²) < 4.78 is 5.58. The lowest BCUT2D eigenvalue weighted by atomic mass is 9.98. The van der Waals surface area contributed by atoms with Crippen LogP contribution in [0.1, 0.15) is 42.7 Å². The SMILES string of the molecule is O=C(O)CCNC(=O)[C@@H]1CCC[C@@H]1NC(=O)OCC1c2ccccc2-c2ccccc21. The van der Waals surface area contributed by atoms with Gasteiger partial charge in [-0.05, 0) is 35.1 Å². The van der Waals surface area contributed by atoms with Crippen molar-refractivity contribution in [2.45, 2.75) is 37.6 Å². The van der Waals surface area contributed by atoms with Crippen LogP contribution in [0.3, 0.4) is 0 Å². The number of hydrogen-bond acceptors (Lipinski definition) is 4. The van der Waals surface area contributed by atoms with Crippen LogP contribution in [-0.4, -0.2) is 42.3 Å². The topological polar surface area (TPSA) is 105 Å². The summed E-state index contributed by atoms with van der Waals surface area (Å²) in [6.07, 6.45) is 1.53. The lowest BCUT2D eigenvalue weighted by Crippen LogP contribution is -2.44. The number of alkyl carbamates (subject to hydrolysis) is 1. The van der Waals surface area contributed by atoms with Gasteiger partial charge < -0.3 is 20.5 Å². The standard InChI is InChI=1S/C24H26N2O5/c27-22(28)12-13-25-23(29)19-10-5-11-21(19)26-24(30)31-14-20-17-8-3-1-6-15(17)16-7-2-4-9-18(16)20/h1-4,6-9,19-21H,5,10-14H2,(H,25,29)(H,26,30)(H,27,28)/t19-,21+/m1/s1. The summed E-state index contributed by atoms with van der Waals surface area (Å²) in [5.41, 5.74) is 4.63. The normalized spacial score (nSPS) is 19.4. The van der Waals surface area contributed by atoms with E-state index in [2.05, 4.69) is 34.9 Å². The van der Waals surface area contributed by atoms with E-state index in [0.717, 1.165) is 17.5 Å². The van der Waals surface area contributed by atoms with Crippen LogP contribution in [0.15, 0.2) is 48.5 Å². The molecule has 7 nitrogen and oxygen atoms in total. The minimum Gasteiger partial charge on any atom is -0.481 e. The fourth-order valence-electron chi connectivity index (χ4n) is 4.66. The van der Waals surface area contributed by atoms with E-state index in [9.17, 15) is 14.4 Å². The number of ether oxygens (including phenoxy) is 1. The molecule has 0 aromatic heterocycles. The highest BCUT2D eigenvalue weighted by Crippen LogP contribution is 2.44. The van der Waals surface area contributed by atoms with Crippen molar-refractivity contribution in [3.63, 3.8) is 0 Å². The molecule has 0 saturated heterocycles. The van der Waals surface area contributed by atoms with E-state index in [1.807, 2.05) is 24.3 Å². The van der Waals surface area contributed by atoms with Gasteiger partial charge in [-0.2, -0.15) is 0 Å². The number of nitrogens with one attached hydrogen (secondary N) is 2. The third-order valence-corrected chi connectivity index (χ3v) is 6.14. The lowest BCUT2D eigenvalue weighted by molar-refractivity contribution is -0.137. The number of fused-ring (bicyclic) bond motifs is 3. The van der Waals surface area contributed by atoms with Gasteiger partial charge in [0.15, 0.2) is 0 Å². The molecule has 0 bridgehead atoms. The van der Waals surface area contributed by atoms with Crippen LogP contribution < -0.4 is 10.6 Å². The average Bonchev–Trinajstić information content (AvgIpc) is 3.34. The molecule has 0 unspecified atom stereocenters.